The topological polar surface area (TPSA) is 118 Å². The van der Waals surface area contributed by atoms with Crippen molar-refractivity contribution in [1.82, 2.24) is 4.98 Å². The summed E-state index contributed by atoms with van der Waals surface area (Å²) >= 11 is 0. The second-order valence-corrected chi connectivity index (χ2v) is 8.40. The van der Waals surface area contributed by atoms with Crippen molar-refractivity contribution in [2.24, 2.45) is 21.3 Å². The van der Waals surface area contributed by atoms with Gasteiger partial charge in [-0.3, -0.25) is 4.79 Å². The minimum absolute atomic E-state index is 0.0247. The highest BCUT2D eigenvalue weighted by Crippen LogP contribution is 2.32. The van der Waals surface area contributed by atoms with Gasteiger partial charge in [-0.2, -0.15) is 13.5 Å². The standard InChI is InChI=1S/C19H17FN4O3S/c20-13-3-6-16-17(10-22-18(16)9-13)11-1-4-15(5-2-11)28(26,27)24-23-14-7-12(8-14)19(21)25/h1-6,9-10,12,14,22H,7-8H2,(H2,21,25). The lowest BCUT2D eigenvalue weighted by atomic mass is 9.80. The number of benzene rings is 2. The minimum Gasteiger partial charge on any atom is -0.369 e. The van der Waals surface area contributed by atoms with Gasteiger partial charge < -0.3 is 10.7 Å². The number of amides is 1. The van der Waals surface area contributed by atoms with Gasteiger partial charge in [0.2, 0.25) is 5.91 Å². The highest BCUT2D eigenvalue weighted by molar-refractivity contribution is 7.90. The van der Waals surface area contributed by atoms with Crippen LogP contribution in [0.3, 0.4) is 0 Å². The van der Waals surface area contributed by atoms with Crippen molar-refractivity contribution in [1.29, 1.82) is 0 Å². The van der Waals surface area contributed by atoms with Gasteiger partial charge in [-0.15, -0.1) is 0 Å². The van der Waals surface area contributed by atoms with Crippen LogP contribution in [-0.4, -0.2) is 25.4 Å². The van der Waals surface area contributed by atoms with Crippen LogP contribution in [0.25, 0.3) is 22.0 Å². The first kappa shape index (κ1) is 18.3. The van der Waals surface area contributed by atoms with E-state index in [9.17, 15) is 17.6 Å². The van der Waals surface area contributed by atoms with E-state index in [-0.39, 0.29) is 22.7 Å². The Morgan fingerprint density at radius 2 is 1.86 bits per heavy atom. The van der Waals surface area contributed by atoms with E-state index in [0.29, 0.717) is 18.4 Å². The predicted octanol–water partition coefficient (Wildman–Crippen LogP) is 3.38. The summed E-state index contributed by atoms with van der Waals surface area (Å²) < 4.78 is 41.5. The fraction of sp³-hybridized carbons (Fsp3) is 0.211. The number of hydrogen-bond donors (Lipinski definition) is 2. The highest BCUT2D eigenvalue weighted by atomic mass is 32.2. The molecule has 3 aromatic rings. The number of primary amides is 1. The summed E-state index contributed by atoms with van der Waals surface area (Å²) in [6.45, 7) is 0. The Labute approximate surface area is 160 Å². The molecular formula is C19H17FN4O3S. The second kappa shape index (κ2) is 6.83. The average molecular weight is 400 g/mol. The monoisotopic (exact) mass is 400 g/mol. The van der Waals surface area contributed by atoms with Gasteiger partial charge in [0, 0.05) is 28.6 Å². The van der Waals surface area contributed by atoms with E-state index in [1.807, 2.05) is 0 Å². The average Bonchev–Trinajstić information content (AvgIpc) is 3.03. The van der Waals surface area contributed by atoms with Crippen LogP contribution in [0.1, 0.15) is 12.8 Å². The fourth-order valence-electron chi connectivity index (χ4n) is 3.23. The molecule has 9 heteroatoms. The van der Waals surface area contributed by atoms with E-state index < -0.39 is 15.9 Å². The second-order valence-electron chi connectivity index (χ2n) is 6.81. The van der Waals surface area contributed by atoms with Gasteiger partial charge in [-0.25, -0.2) is 4.39 Å². The number of halogens is 1. The molecule has 1 heterocycles. The Kier molecular flexibility index (Phi) is 4.46. The minimum atomic E-state index is -3.92. The predicted molar refractivity (Wildman–Crippen MR) is 101 cm³/mol. The van der Waals surface area contributed by atoms with Crippen LogP contribution in [0.5, 0.6) is 0 Å². The largest absolute Gasteiger partial charge is 0.369 e. The lowest BCUT2D eigenvalue weighted by Crippen LogP contribution is -2.37. The molecule has 1 aliphatic carbocycles. The van der Waals surface area contributed by atoms with Crippen LogP contribution in [0, 0.1) is 11.7 Å². The maximum Gasteiger partial charge on any atom is 0.299 e. The van der Waals surface area contributed by atoms with Crippen molar-refractivity contribution < 1.29 is 17.6 Å². The van der Waals surface area contributed by atoms with E-state index in [4.69, 9.17) is 5.73 Å². The van der Waals surface area contributed by atoms with Crippen molar-refractivity contribution in [3.8, 4) is 11.1 Å². The quantitative estimate of drug-likeness (QED) is 0.639. The van der Waals surface area contributed by atoms with E-state index in [1.54, 1.807) is 24.4 Å². The van der Waals surface area contributed by atoms with Crippen LogP contribution in [-0.2, 0) is 14.8 Å². The zero-order valence-electron chi connectivity index (χ0n) is 14.7. The van der Waals surface area contributed by atoms with Crippen LogP contribution in [0.2, 0.25) is 0 Å². The molecule has 1 saturated carbocycles. The zero-order valence-corrected chi connectivity index (χ0v) is 15.5. The first-order valence-corrected chi connectivity index (χ1v) is 10.1. The SMILES string of the molecule is NC(=O)C1CC(N=NS(=O)(=O)c2ccc(-c3c[nH]c4cc(F)ccc34)cc2)C1. The molecule has 0 spiro atoms. The number of nitrogens with one attached hydrogen (secondary N) is 1. The molecule has 0 unspecified atom stereocenters. The van der Waals surface area contributed by atoms with E-state index in [0.717, 1.165) is 16.5 Å². The van der Waals surface area contributed by atoms with Crippen LogP contribution in [0.4, 0.5) is 4.39 Å². The number of carbonyl (C=O) groups is 1. The first-order valence-electron chi connectivity index (χ1n) is 8.67. The summed E-state index contributed by atoms with van der Waals surface area (Å²) in [5, 5.41) is 4.66. The van der Waals surface area contributed by atoms with Crippen molar-refractivity contribution in [2.75, 3.05) is 0 Å². The van der Waals surface area contributed by atoms with Crippen molar-refractivity contribution in [3.63, 3.8) is 0 Å². The Morgan fingerprint density at radius 1 is 1.14 bits per heavy atom. The Bertz CT molecular complexity index is 1180. The molecule has 0 bridgehead atoms. The number of nitrogens with two attached hydrogens (primary N) is 1. The van der Waals surface area contributed by atoms with Crippen LogP contribution in [0.15, 0.2) is 63.2 Å². The maximum absolute atomic E-state index is 13.3. The zero-order chi connectivity index (χ0) is 19.9. The molecule has 0 saturated heterocycles. The van der Waals surface area contributed by atoms with Gasteiger partial charge in [0.05, 0.1) is 10.9 Å². The Morgan fingerprint density at radius 3 is 2.54 bits per heavy atom. The number of carbonyl (C=O) groups excluding carboxylic acids is 1. The van der Waals surface area contributed by atoms with Gasteiger partial charge in [-0.1, -0.05) is 16.7 Å². The van der Waals surface area contributed by atoms with Crippen LogP contribution >= 0.6 is 0 Å². The smallest absolute Gasteiger partial charge is 0.299 e. The van der Waals surface area contributed by atoms with Crippen molar-refractivity contribution in [3.05, 3.63) is 54.5 Å². The van der Waals surface area contributed by atoms with Crippen LogP contribution < -0.4 is 5.73 Å². The molecule has 144 valence electrons. The van der Waals surface area contributed by atoms with Gasteiger partial charge in [0.15, 0.2) is 0 Å². The fourth-order valence-corrected chi connectivity index (χ4v) is 4.07. The van der Waals surface area contributed by atoms with Gasteiger partial charge in [-0.05, 0) is 48.7 Å². The molecule has 4 rings (SSSR count). The molecule has 3 N–H and O–H groups in total. The molecule has 1 aromatic heterocycles. The number of nitrogens with zero attached hydrogens (tertiary/aromatic N) is 2. The van der Waals surface area contributed by atoms with E-state index >= 15 is 0 Å². The molecular weight excluding hydrogens is 383 g/mol. The third-order valence-corrected chi connectivity index (χ3v) is 6.12. The number of aromatic amines is 1. The molecule has 0 aliphatic heterocycles. The lowest BCUT2D eigenvalue weighted by Gasteiger charge is -2.28. The summed E-state index contributed by atoms with van der Waals surface area (Å²) in [7, 11) is -3.92. The summed E-state index contributed by atoms with van der Waals surface area (Å²) in [6.07, 6.45) is 2.60. The third kappa shape index (κ3) is 3.40. The normalized spacial score (nSPS) is 19.8. The van der Waals surface area contributed by atoms with E-state index in [1.165, 1.54) is 24.3 Å². The number of sulfonamides is 1. The number of hydrogen-bond acceptors (Lipinski definition) is 4. The molecule has 0 radical (unpaired) electrons. The summed E-state index contributed by atoms with van der Waals surface area (Å²) in [5.74, 6) is -0.984. The number of fused-ring (bicyclic) bond motifs is 1. The maximum atomic E-state index is 13.3. The molecule has 1 fully saturated rings. The number of aromatic nitrogens is 1. The van der Waals surface area contributed by atoms with Crippen molar-refractivity contribution in [2.45, 2.75) is 23.8 Å². The first-order chi connectivity index (χ1) is 13.3. The number of rotatable bonds is 5. The lowest BCUT2D eigenvalue weighted by molar-refractivity contribution is -0.124. The molecule has 28 heavy (non-hydrogen) atoms. The summed E-state index contributed by atoms with van der Waals surface area (Å²) in [5.41, 5.74) is 7.47. The van der Waals surface area contributed by atoms with Gasteiger partial charge >= 0.3 is 0 Å². The number of H-pyrrole nitrogens is 1. The Balaban J connectivity index is 1.53. The van der Waals surface area contributed by atoms with Crippen molar-refractivity contribution >= 4 is 26.8 Å². The molecule has 7 nitrogen and oxygen atoms in total. The summed E-state index contributed by atoms with van der Waals surface area (Å²) in [4.78, 5) is 14.0. The van der Waals surface area contributed by atoms with Gasteiger partial charge in [0.1, 0.15) is 5.82 Å². The van der Waals surface area contributed by atoms with Gasteiger partial charge in [0.25, 0.3) is 10.0 Å². The van der Waals surface area contributed by atoms with E-state index in [2.05, 4.69) is 14.6 Å². The molecule has 1 aliphatic rings. The summed E-state index contributed by atoms with van der Waals surface area (Å²) in [6, 6.07) is 10.4. The molecule has 0 atom stereocenters. The molecule has 1 amide bonds. The third-order valence-electron chi connectivity index (χ3n) is 4.94. The Hall–Kier alpha value is -3.07. The molecule has 2 aromatic carbocycles. The highest BCUT2D eigenvalue weighted by Gasteiger charge is 2.33.